The van der Waals surface area contributed by atoms with Gasteiger partial charge in [-0.25, -0.2) is 0 Å². The number of allylic oxidation sites excluding steroid dienone is 5. The number of hydrogen-bond acceptors (Lipinski definition) is 1. The molecule has 0 atom stereocenters. The van der Waals surface area contributed by atoms with Crippen LogP contribution in [0.5, 0.6) is 0 Å². The lowest BCUT2D eigenvalue weighted by Gasteiger charge is -1.98. The first-order valence-electron chi connectivity index (χ1n) is 4.25. The Balaban J connectivity index is 4.74. The van der Waals surface area contributed by atoms with Gasteiger partial charge in [0.15, 0.2) is 0 Å². The monoisotopic (exact) mass is 175 g/mol. The third-order valence-corrected chi connectivity index (χ3v) is 1.49. The Labute approximate surface area is 80.9 Å². The van der Waals surface area contributed by atoms with Crippen molar-refractivity contribution in [3.63, 3.8) is 0 Å². The van der Waals surface area contributed by atoms with Gasteiger partial charge in [-0.15, -0.1) is 0 Å². The van der Waals surface area contributed by atoms with Crippen molar-refractivity contribution in [1.82, 2.24) is 0 Å². The van der Waals surface area contributed by atoms with Gasteiger partial charge in [-0.3, -0.25) is 4.99 Å². The largest absolute Gasteiger partial charge is 0.266 e. The predicted octanol–water partition coefficient (Wildman–Crippen LogP) is 3.67. The van der Waals surface area contributed by atoms with Crippen LogP contribution in [0.2, 0.25) is 0 Å². The summed E-state index contributed by atoms with van der Waals surface area (Å²) >= 11 is 0. The highest BCUT2D eigenvalue weighted by Crippen LogP contribution is 2.10. The van der Waals surface area contributed by atoms with Gasteiger partial charge in [0.05, 0.1) is 0 Å². The minimum atomic E-state index is 1.04. The van der Waals surface area contributed by atoms with Crippen molar-refractivity contribution >= 4 is 5.71 Å². The Morgan fingerprint density at radius 3 is 2.15 bits per heavy atom. The molecule has 0 amide bonds. The summed E-state index contributed by atoms with van der Waals surface area (Å²) < 4.78 is 0. The van der Waals surface area contributed by atoms with E-state index < -0.39 is 0 Å². The lowest BCUT2D eigenvalue weighted by molar-refractivity contribution is 1.36. The quantitative estimate of drug-likeness (QED) is 0.456. The van der Waals surface area contributed by atoms with E-state index in [0.29, 0.717) is 0 Å². The normalized spacial score (nSPS) is 12.2. The van der Waals surface area contributed by atoms with Crippen LogP contribution in [-0.2, 0) is 0 Å². The second-order valence-electron chi connectivity index (χ2n) is 2.95. The minimum absolute atomic E-state index is 1.04. The molecule has 0 unspecified atom stereocenters. The average molecular weight is 175 g/mol. The Morgan fingerprint density at radius 2 is 1.77 bits per heavy atom. The fraction of sp³-hybridized carbons (Fsp3) is 0.250. The third-order valence-electron chi connectivity index (χ3n) is 1.49. The summed E-state index contributed by atoms with van der Waals surface area (Å²) in [6.07, 6.45) is 7.30. The molecule has 0 spiro atoms. The highest BCUT2D eigenvalue weighted by atomic mass is 14.7. The molecule has 0 rings (SSSR count). The van der Waals surface area contributed by atoms with E-state index in [-0.39, 0.29) is 0 Å². The molecule has 0 aliphatic rings. The molecule has 0 aromatic heterocycles. The van der Waals surface area contributed by atoms with E-state index in [9.17, 15) is 0 Å². The van der Waals surface area contributed by atoms with Crippen LogP contribution in [0.3, 0.4) is 0 Å². The molecule has 0 heterocycles. The van der Waals surface area contributed by atoms with Crippen molar-refractivity contribution in [2.75, 3.05) is 0 Å². The summed E-state index contributed by atoms with van der Waals surface area (Å²) in [5.74, 6) is 0. The van der Waals surface area contributed by atoms with Gasteiger partial charge >= 0.3 is 0 Å². The summed E-state index contributed by atoms with van der Waals surface area (Å²) in [4.78, 5) is 4.21. The average Bonchev–Trinajstić information content (AvgIpc) is 2.10. The molecule has 0 saturated carbocycles. The zero-order valence-electron chi connectivity index (χ0n) is 8.67. The van der Waals surface area contributed by atoms with Crippen molar-refractivity contribution in [2.24, 2.45) is 4.99 Å². The smallest absolute Gasteiger partial charge is 0.0302 e. The molecule has 0 N–H and O–H groups in total. The van der Waals surface area contributed by atoms with Gasteiger partial charge in [0, 0.05) is 11.9 Å². The number of nitrogens with zero attached hydrogens (tertiary/aromatic N) is 1. The Bertz CT molecular complexity index is 273. The lowest BCUT2D eigenvalue weighted by Crippen LogP contribution is -1.82. The Kier molecular flexibility index (Phi) is 5.53. The van der Waals surface area contributed by atoms with E-state index in [1.165, 1.54) is 0 Å². The number of rotatable bonds is 4. The molecule has 0 fully saturated rings. The van der Waals surface area contributed by atoms with Gasteiger partial charge in [0.25, 0.3) is 0 Å². The molecule has 0 aromatic carbocycles. The molecular weight excluding hydrogens is 158 g/mol. The Hall–Kier alpha value is -1.37. The van der Waals surface area contributed by atoms with Gasteiger partial charge < -0.3 is 0 Å². The van der Waals surface area contributed by atoms with E-state index in [2.05, 4.69) is 18.2 Å². The summed E-state index contributed by atoms with van der Waals surface area (Å²) in [5.41, 5.74) is 3.19. The zero-order chi connectivity index (χ0) is 10.3. The highest BCUT2D eigenvalue weighted by Gasteiger charge is 1.91. The Morgan fingerprint density at radius 1 is 1.15 bits per heavy atom. The standard InChI is InChI=1S/C12H17N/c1-6-8-12(7-2)11(5)9-13-10(3)4/h6-9H,1-2H2,3-5H3/b11-9+,12-8+. The van der Waals surface area contributed by atoms with Crippen LogP contribution in [0.4, 0.5) is 0 Å². The number of hydrogen-bond donors (Lipinski definition) is 0. The molecule has 1 nitrogen and oxygen atoms in total. The van der Waals surface area contributed by atoms with Crippen LogP contribution in [0, 0.1) is 0 Å². The fourth-order valence-electron chi connectivity index (χ4n) is 0.788. The van der Waals surface area contributed by atoms with Crippen molar-refractivity contribution in [2.45, 2.75) is 20.8 Å². The summed E-state index contributed by atoms with van der Waals surface area (Å²) in [6, 6.07) is 0. The fourth-order valence-corrected chi connectivity index (χ4v) is 0.788. The van der Waals surface area contributed by atoms with Gasteiger partial charge in [-0.05, 0) is 31.9 Å². The van der Waals surface area contributed by atoms with Crippen LogP contribution in [-0.4, -0.2) is 5.71 Å². The maximum absolute atomic E-state index is 4.21. The van der Waals surface area contributed by atoms with Crippen molar-refractivity contribution in [3.05, 3.63) is 48.7 Å². The predicted molar refractivity (Wildman–Crippen MR) is 61.0 cm³/mol. The van der Waals surface area contributed by atoms with Crippen molar-refractivity contribution in [3.8, 4) is 0 Å². The summed E-state index contributed by atoms with van der Waals surface area (Å²) in [6.45, 7) is 13.3. The van der Waals surface area contributed by atoms with Gasteiger partial charge in [0.1, 0.15) is 0 Å². The van der Waals surface area contributed by atoms with Gasteiger partial charge in [0.2, 0.25) is 0 Å². The molecule has 1 heteroatoms. The van der Waals surface area contributed by atoms with E-state index in [1.807, 2.05) is 33.0 Å². The van der Waals surface area contributed by atoms with Crippen LogP contribution < -0.4 is 0 Å². The zero-order valence-corrected chi connectivity index (χ0v) is 8.67. The van der Waals surface area contributed by atoms with Gasteiger partial charge in [-0.1, -0.05) is 31.4 Å². The molecule has 0 radical (unpaired) electrons. The molecule has 0 aliphatic carbocycles. The topological polar surface area (TPSA) is 12.4 Å². The first-order valence-corrected chi connectivity index (χ1v) is 4.25. The van der Waals surface area contributed by atoms with E-state index in [1.54, 1.807) is 12.2 Å². The summed E-state index contributed by atoms with van der Waals surface area (Å²) in [7, 11) is 0. The molecular formula is C12H17N. The van der Waals surface area contributed by atoms with Crippen LogP contribution in [0.25, 0.3) is 0 Å². The first-order chi connectivity index (χ1) is 6.11. The third kappa shape index (κ3) is 4.96. The maximum Gasteiger partial charge on any atom is 0.0302 e. The van der Waals surface area contributed by atoms with E-state index in [0.717, 1.165) is 16.9 Å². The van der Waals surface area contributed by atoms with Gasteiger partial charge in [-0.2, -0.15) is 0 Å². The molecule has 0 aliphatic heterocycles. The SMILES string of the molecule is C=C/C=C(C=C)/C(C)=C/N=C(C)C. The van der Waals surface area contributed by atoms with Crippen LogP contribution in [0.1, 0.15) is 20.8 Å². The first kappa shape index (κ1) is 11.6. The molecule has 70 valence electrons. The second kappa shape index (κ2) is 6.18. The van der Waals surface area contributed by atoms with Crippen LogP contribution in [0.15, 0.2) is 53.7 Å². The maximum atomic E-state index is 4.21. The summed E-state index contributed by atoms with van der Waals surface area (Å²) in [5, 5.41) is 0. The van der Waals surface area contributed by atoms with Crippen molar-refractivity contribution < 1.29 is 0 Å². The van der Waals surface area contributed by atoms with E-state index >= 15 is 0 Å². The molecule has 0 saturated heterocycles. The van der Waals surface area contributed by atoms with E-state index in [4.69, 9.17) is 0 Å². The second-order valence-corrected chi connectivity index (χ2v) is 2.95. The minimum Gasteiger partial charge on any atom is -0.266 e. The lowest BCUT2D eigenvalue weighted by atomic mass is 10.1. The van der Waals surface area contributed by atoms with Crippen molar-refractivity contribution in [1.29, 1.82) is 0 Å². The highest BCUT2D eigenvalue weighted by molar-refractivity contribution is 5.79. The molecule has 0 bridgehead atoms. The van der Waals surface area contributed by atoms with Crippen LogP contribution >= 0.6 is 0 Å². The number of aliphatic imine (C=N–C) groups is 1. The molecule has 0 aromatic rings. The molecule has 13 heavy (non-hydrogen) atoms.